The molecule has 0 aliphatic carbocycles. The zero-order valence-corrected chi connectivity index (χ0v) is 13.2. The molecular weight excluding hydrogens is 301 g/mol. The molecule has 0 unspecified atom stereocenters. The van der Waals surface area contributed by atoms with Gasteiger partial charge >= 0.3 is 0 Å². The molecule has 0 aromatic heterocycles. The van der Waals surface area contributed by atoms with Gasteiger partial charge in [0.1, 0.15) is 5.82 Å². The van der Waals surface area contributed by atoms with Gasteiger partial charge in [-0.2, -0.15) is 0 Å². The van der Waals surface area contributed by atoms with Crippen molar-refractivity contribution >= 4 is 12.0 Å². The van der Waals surface area contributed by atoms with Crippen molar-refractivity contribution in [1.82, 2.24) is 0 Å². The second kappa shape index (κ2) is 7.55. The van der Waals surface area contributed by atoms with E-state index in [0.29, 0.717) is 19.4 Å². The van der Waals surface area contributed by atoms with Crippen molar-refractivity contribution in [3.05, 3.63) is 101 Å². The Hall–Kier alpha value is -2.94. The molecule has 0 bridgehead atoms. The highest BCUT2D eigenvalue weighted by atomic mass is 19.1. The second-order valence-electron chi connectivity index (χ2n) is 5.65. The van der Waals surface area contributed by atoms with Crippen LogP contribution in [-0.4, -0.2) is 6.29 Å². The first-order chi connectivity index (χ1) is 11.8. The molecule has 0 heterocycles. The van der Waals surface area contributed by atoms with Crippen LogP contribution in [0.4, 0.5) is 10.1 Å². The minimum atomic E-state index is -0.492. The number of anilines is 1. The Morgan fingerprint density at radius 2 is 1.33 bits per heavy atom. The fraction of sp³-hybridized carbons (Fsp3) is 0.0952. The summed E-state index contributed by atoms with van der Waals surface area (Å²) < 4.78 is 14.0. The van der Waals surface area contributed by atoms with Crippen molar-refractivity contribution < 1.29 is 9.18 Å². The maximum Gasteiger partial charge on any atom is 0.152 e. The van der Waals surface area contributed by atoms with Gasteiger partial charge in [-0.3, -0.25) is 4.79 Å². The van der Waals surface area contributed by atoms with E-state index in [1.54, 1.807) is 6.07 Å². The predicted octanol–water partition coefficient (Wildman–Crippen LogP) is 4.85. The average molecular weight is 319 g/mol. The highest BCUT2D eigenvalue weighted by molar-refractivity contribution is 5.76. The zero-order valence-electron chi connectivity index (χ0n) is 13.2. The monoisotopic (exact) mass is 319 g/mol. The van der Waals surface area contributed by atoms with Crippen molar-refractivity contribution in [2.45, 2.75) is 13.1 Å². The number of nitrogens with zero attached hydrogens (tertiary/aromatic N) is 1. The van der Waals surface area contributed by atoms with Gasteiger partial charge in [0.05, 0.1) is 5.56 Å². The van der Waals surface area contributed by atoms with Crippen LogP contribution in [0.25, 0.3) is 0 Å². The van der Waals surface area contributed by atoms with Crippen LogP contribution in [0.2, 0.25) is 0 Å². The first-order valence-corrected chi connectivity index (χ1v) is 7.84. The van der Waals surface area contributed by atoms with Crippen LogP contribution in [0, 0.1) is 5.82 Å². The van der Waals surface area contributed by atoms with Gasteiger partial charge in [0.15, 0.2) is 6.29 Å². The molecule has 2 nitrogen and oxygen atoms in total. The van der Waals surface area contributed by atoms with Crippen molar-refractivity contribution in [3.8, 4) is 0 Å². The van der Waals surface area contributed by atoms with Crippen LogP contribution < -0.4 is 4.90 Å². The average Bonchev–Trinajstić information content (AvgIpc) is 2.63. The number of carbonyl (C=O) groups excluding carboxylic acids is 1. The van der Waals surface area contributed by atoms with Crippen LogP contribution in [0.3, 0.4) is 0 Å². The molecule has 24 heavy (non-hydrogen) atoms. The highest BCUT2D eigenvalue weighted by Crippen LogP contribution is 2.22. The summed E-state index contributed by atoms with van der Waals surface area (Å²) in [5.74, 6) is -0.492. The molecule has 0 spiro atoms. The number of rotatable bonds is 6. The van der Waals surface area contributed by atoms with Gasteiger partial charge in [-0.25, -0.2) is 4.39 Å². The third-order valence-electron chi connectivity index (χ3n) is 3.91. The van der Waals surface area contributed by atoms with Gasteiger partial charge in [-0.15, -0.1) is 0 Å². The van der Waals surface area contributed by atoms with Gasteiger partial charge in [0.25, 0.3) is 0 Å². The lowest BCUT2D eigenvalue weighted by atomic mass is 10.1. The van der Waals surface area contributed by atoms with Crippen LogP contribution in [0.5, 0.6) is 0 Å². The molecule has 0 amide bonds. The molecule has 0 radical (unpaired) electrons. The summed E-state index contributed by atoms with van der Waals surface area (Å²) >= 11 is 0. The Bertz CT molecular complexity index is 761. The molecule has 3 rings (SSSR count). The van der Waals surface area contributed by atoms with E-state index >= 15 is 0 Å². The van der Waals surface area contributed by atoms with Gasteiger partial charge in [0, 0.05) is 18.8 Å². The van der Waals surface area contributed by atoms with Crippen LogP contribution in [0.15, 0.2) is 78.9 Å². The summed E-state index contributed by atoms with van der Waals surface area (Å²) in [7, 11) is 0. The molecule has 0 saturated heterocycles. The number of aldehydes is 1. The molecule has 120 valence electrons. The molecule has 0 N–H and O–H groups in total. The van der Waals surface area contributed by atoms with Crippen molar-refractivity contribution in [2.75, 3.05) is 4.90 Å². The van der Waals surface area contributed by atoms with Gasteiger partial charge in [-0.1, -0.05) is 60.7 Å². The van der Waals surface area contributed by atoms with E-state index in [4.69, 9.17) is 0 Å². The molecule has 3 heteroatoms. The Morgan fingerprint density at radius 1 is 0.792 bits per heavy atom. The molecule has 3 aromatic carbocycles. The number of hydrogen-bond acceptors (Lipinski definition) is 2. The molecule has 0 fully saturated rings. The van der Waals surface area contributed by atoms with Crippen molar-refractivity contribution in [1.29, 1.82) is 0 Å². The van der Waals surface area contributed by atoms with Gasteiger partial charge < -0.3 is 4.90 Å². The second-order valence-corrected chi connectivity index (χ2v) is 5.65. The topological polar surface area (TPSA) is 20.3 Å². The normalized spacial score (nSPS) is 10.4. The molecular formula is C21H18FNO. The fourth-order valence-corrected chi connectivity index (χ4v) is 2.65. The lowest BCUT2D eigenvalue weighted by Crippen LogP contribution is -2.22. The summed E-state index contributed by atoms with van der Waals surface area (Å²) in [5, 5.41) is 0. The smallest absolute Gasteiger partial charge is 0.152 e. The maximum atomic E-state index is 14.0. The molecule has 3 aromatic rings. The van der Waals surface area contributed by atoms with E-state index in [0.717, 1.165) is 16.8 Å². The summed E-state index contributed by atoms with van der Waals surface area (Å²) in [4.78, 5) is 12.9. The quantitative estimate of drug-likeness (QED) is 0.606. The highest BCUT2D eigenvalue weighted by Gasteiger charge is 2.11. The van der Waals surface area contributed by atoms with Crippen LogP contribution in [-0.2, 0) is 13.1 Å². The Kier molecular flexibility index (Phi) is 5.02. The zero-order chi connectivity index (χ0) is 16.8. The minimum Gasteiger partial charge on any atom is -0.363 e. The third-order valence-corrected chi connectivity index (χ3v) is 3.91. The SMILES string of the molecule is O=Cc1ccc(N(Cc2ccccc2)Cc2ccccc2)cc1F. The summed E-state index contributed by atoms with van der Waals surface area (Å²) in [6.45, 7) is 1.32. The Morgan fingerprint density at radius 3 is 1.79 bits per heavy atom. The van der Waals surface area contributed by atoms with Gasteiger partial charge in [-0.05, 0) is 29.3 Å². The molecule has 0 saturated carbocycles. The molecule has 0 atom stereocenters. The van der Waals surface area contributed by atoms with Crippen LogP contribution in [0.1, 0.15) is 21.5 Å². The number of halogens is 1. The third kappa shape index (κ3) is 3.87. The number of benzene rings is 3. The minimum absolute atomic E-state index is 0.0816. The Balaban J connectivity index is 1.91. The summed E-state index contributed by atoms with van der Waals surface area (Å²) in [6, 6.07) is 24.9. The number of hydrogen-bond donors (Lipinski definition) is 0. The summed E-state index contributed by atoms with van der Waals surface area (Å²) in [5.41, 5.74) is 3.13. The van der Waals surface area contributed by atoms with E-state index < -0.39 is 5.82 Å². The Labute approximate surface area is 141 Å². The van der Waals surface area contributed by atoms with E-state index in [1.807, 2.05) is 60.7 Å². The number of carbonyl (C=O) groups is 1. The fourth-order valence-electron chi connectivity index (χ4n) is 2.65. The molecule has 0 aliphatic heterocycles. The van der Waals surface area contributed by atoms with Gasteiger partial charge in [0.2, 0.25) is 0 Å². The van der Waals surface area contributed by atoms with Crippen molar-refractivity contribution in [3.63, 3.8) is 0 Å². The standard InChI is InChI=1S/C21H18FNO/c22-21-13-20(12-11-19(21)16-24)23(14-17-7-3-1-4-8-17)15-18-9-5-2-6-10-18/h1-13,16H,14-15H2. The first kappa shape index (κ1) is 15.9. The van der Waals surface area contributed by atoms with E-state index in [-0.39, 0.29) is 5.56 Å². The molecule has 0 aliphatic rings. The largest absolute Gasteiger partial charge is 0.363 e. The first-order valence-electron chi connectivity index (χ1n) is 7.84. The van der Waals surface area contributed by atoms with E-state index in [2.05, 4.69) is 4.90 Å². The van der Waals surface area contributed by atoms with E-state index in [1.165, 1.54) is 12.1 Å². The van der Waals surface area contributed by atoms with E-state index in [9.17, 15) is 9.18 Å². The summed E-state index contributed by atoms with van der Waals surface area (Å²) in [6.07, 6.45) is 0.540. The lowest BCUT2D eigenvalue weighted by molar-refractivity contribution is 0.112. The predicted molar refractivity (Wildman–Crippen MR) is 94.6 cm³/mol. The lowest BCUT2D eigenvalue weighted by Gasteiger charge is -2.25. The van der Waals surface area contributed by atoms with Crippen molar-refractivity contribution in [2.24, 2.45) is 0 Å². The maximum absolute atomic E-state index is 14.0. The van der Waals surface area contributed by atoms with Crippen LogP contribution >= 0.6 is 0 Å².